The monoisotopic (exact) mass is 321 g/mol. The second kappa shape index (κ2) is 6.02. The van der Waals surface area contributed by atoms with Crippen LogP contribution in [0.3, 0.4) is 0 Å². The zero-order chi connectivity index (χ0) is 14.8. The number of fused-ring (bicyclic) bond motifs is 1. The predicted octanol–water partition coefficient (Wildman–Crippen LogP) is 2.41. The molecule has 0 spiro atoms. The first kappa shape index (κ1) is 14.3. The van der Waals surface area contributed by atoms with Gasteiger partial charge in [0.1, 0.15) is 12.1 Å². The van der Waals surface area contributed by atoms with Crippen molar-refractivity contribution in [2.45, 2.75) is 13.2 Å². The first-order valence-electron chi connectivity index (χ1n) is 6.67. The second-order valence-corrected chi connectivity index (χ2v) is 5.93. The van der Waals surface area contributed by atoms with Gasteiger partial charge in [-0.1, -0.05) is 46.6 Å². The molecule has 4 nitrogen and oxygen atoms in total. The Morgan fingerprint density at radius 3 is 2.71 bits per heavy atom. The highest BCUT2D eigenvalue weighted by Gasteiger charge is 2.10. The predicted molar refractivity (Wildman–Crippen MR) is 84.6 cm³/mol. The first-order valence-corrected chi connectivity index (χ1v) is 7.42. The summed E-state index contributed by atoms with van der Waals surface area (Å²) >= 11 is 12.0. The third-order valence-electron chi connectivity index (χ3n) is 3.33. The fraction of sp³-hybridized carbons (Fsp3) is 0.200. The SMILES string of the molecule is C[NH+](Cc1ccc(Cl)c(Cl)c1)Cn1nnc2ccccc21. The van der Waals surface area contributed by atoms with Crippen molar-refractivity contribution in [3.8, 4) is 0 Å². The molecule has 6 heteroatoms. The van der Waals surface area contributed by atoms with E-state index in [9.17, 15) is 0 Å². The van der Waals surface area contributed by atoms with Crippen molar-refractivity contribution in [1.82, 2.24) is 15.0 Å². The lowest BCUT2D eigenvalue weighted by Crippen LogP contribution is -3.06. The highest BCUT2D eigenvalue weighted by molar-refractivity contribution is 6.42. The maximum Gasteiger partial charge on any atom is 0.175 e. The molecule has 1 aromatic heterocycles. The van der Waals surface area contributed by atoms with Gasteiger partial charge in [-0.15, -0.1) is 5.10 Å². The van der Waals surface area contributed by atoms with E-state index in [1.54, 1.807) is 0 Å². The van der Waals surface area contributed by atoms with Gasteiger partial charge in [-0.05, 0) is 24.3 Å². The minimum atomic E-state index is 0.584. The van der Waals surface area contributed by atoms with Gasteiger partial charge in [-0.25, -0.2) is 0 Å². The number of halogens is 2. The Bertz CT molecular complexity index is 769. The number of aromatic nitrogens is 3. The van der Waals surface area contributed by atoms with E-state index in [0.717, 1.165) is 29.8 Å². The molecule has 0 fully saturated rings. The minimum Gasteiger partial charge on any atom is -0.315 e. The quantitative estimate of drug-likeness (QED) is 0.801. The van der Waals surface area contributed by atoms with Gasteiger partial charge in [0, 0.05) is 5.56 Å². The van der Waals surface area contributed by atoms with Gasteiger partial charge in [-0.3, -0.25) is 0 Å². The Balaban J connectivity index is 1.74. The van der Waals surface area contributed by atoms with Crippen molar-refractivity contribution in [1.29, 1.82) is 0 Å². The van der Waals surface area contributed by atoms with Crippen LogP contribution >= 0.6 is 23.2 Å². The Morgan fingerprint density at radius 2 is 1.90 bits per heavy atom. The Morgan fingerprint density at radius 1 is 1.10 bits per heavy atom. The third kappa shape index (κ3) is 3.18. The highest BCUT2D eigenvalue weighted by Crippen LogP contribution is 2.22. The average Bonchev–Trinajstić information content (AvgIpc) is 2.86. The summed E-state index contributed by atoms with van der Waals surface area (Å²) in [6, 6.07) is 13.7. The average molecular weight is 322 g/mol. The van der Waals surface area contributed by atoms with E-state index >= 15 is 0 Å². The molecular weight excluding hydrogens is 307 g/mol. The van der Waals surface area contributed by atoms with Gasteiger partial charge in [0.15, 0.2) is 6.67 Å². The van der Waals surface area contributed by atoms with Gasteiger partial charge < -0.3 is 4.90 Å². The molecule has 0 aliphatic heterocycles. The van der Waals surface area contributed by atoms with Crippen LogP contribution in [0, 0.1) is 0 Å². The van der Waals surface area contributed by atoms with E-state index in [-0.39, 0.29) is 0 Å². The van der Waals surface area contributed by atoms with Crippen molar-refractivity contribution in [2.75, 3.05) is 7.05 Å². The van der Waals surface area contributed by atoms with Gasteiger partial charge >= 0.3 is 0 Å². The standard InChI is InChI=1S/C15H14Cl2N4/c1-20(9-11-6-7-12(16)13(17)8-11)10-21-15-5-3-2-4-14(15)18-19-21/h2-8H,9-10H2,1H3/p+1. The van der Waals surface area contributed by atoms with Crippen LogP contribution in [0.2, 0.25) is 10.0 Å². The summed E-state index contributed by atoms with van der Waals surface area (Å²) in [7, 11) is 2.11. The molecule has 1 atom stereocenters. The van der Waals surface area contributed by atoms with E-state index in [0.29, 0.717) is 10.0 Å². The number of hydrogen-bond donors (Lipinski definition) is 1. The topological polar surface area (TPSA) is 35.2 Å². The summed E-state index contributed by atoms with van der Waals surface area (Å²) in [6.45, 7) is 1.58. The molecule has 108 valence electrons. The molecule has 0 saturated carbocycles. The molecule has 3 rings (SSSR count). The van der Waals surface area contributed by atoms with Crippen LogP contribution in [0.1, 0.15) is 5.56 Å². The van der Waals surface area contributed by atoms with Crippen LogP contribution in [0.15, 0.2) is 42.5 Å². The molecule has 0 saturated heterocycles. The zero-order valence-corrected chi connectivity index (χ0v) is 13.1. The summed E-state index contributed by atoms with van der Waals surface area (Å²) in [6.07, 6.45) is 0. The molecule has 21 heavy (non-hydrogen) atoms. The maximum atomic E-state index is 6.05. The number of nitrogens with zero attached hydrogens (tertiary/aromatic N) is 3. The second-order valence-electron chi connectivity index (χ2n) is 5.12. The molecular formula is C15H15Cl2N4+. The molecule has 1 unspecified atom stereocenters. The molecule has 1 heterocycles. The number of nitrogens with one attached hydrogen (secondary N) is 1. The molecule has 0 amide bonds. The normalized spacial score (nSPS) is 12.7. The van der Waals surface area contributed by atoms with Crippen LogP contribution in [0.5, 0.6) is 0 Å². The highest BCUT2D eigenvalue weighted by atomic mass is 35.5. The van der Waals surface area contributed by atoms with Crippen LogP contribution in [0.4, 0.5) is 0 Å². The van der Waals surface area contributed by atoms with E-state index < -0.39 is 0 Å². The molecule has 2 aromatic carbocycles. The Hall–Kier alpha value is -1.62. The van der Waals surface area contributed by atoms with E-state index in [1.807, 2.05) is 47.1 Å². The van der Waals surface area contributed by atoms with Crippen molar-refractivity contribution < 1.29 is 4.90 Å². The van der Waals surface area contributed by atoms with Crippen LogP contribution in [-0.4, -0.2) is 22.0 Å². The Labute approximate surface area is 132 Å². The smallest absolute Gasteiger partial charge is 0.175 e. The van der Waals surface area contributed by atoms with Gasteiger partial charge in [0.25, 0.3) is 0 Å². The summed E-state index contributed by atoms with van der Waals surface area (Å²) in [5, 5.41) is 9.55. The third-order valence-corrected chi connectivity index (χ3v) is 4.07. The molecule has 1 N–H and O–H groups in total. The Kier molecular flexibility index (Phi) is 4.10. The molecule has 0 radical (unpaired) electrons. The van der Waals surface area contributed by atoms with Crippen molar-refractivity contribution in [3.63, 3.8) is 0 Å². The van der Waals surface area contributed by atoms with Crippen molar-refractivity contribution >= 4 is 34.2 Å². The largest absolute Gasteiger partial charge is 0.315 e. The molecule has 0 aliphatic carbocycles. The number of quaternary nitrogens is 1. The van der Waals surface area contributed by atoms with Crippen LogP contribution < -0.4 is 4.90 Å². The number of para-hydroxylation sites is 1. The fourth-order valence-corrected chi connectivity index (χ4v) is 2.66. The van der Waals surface area contributed by atoms with Gasteiger partial charge in [0.2, 0.25) is 0 Å². The number of hydrogen-bond acceptors (Lipinski definition) is 2. The van der Waals surface area contributed by atoms with E-state index in [4.69, 9.17) is 23.2 Å². The number of rotatable bonds is 4. The lowest BCUT2D eigenvalue weighted by atomic mass is 10.2. The summed E-state index contributed by atoms with van der Waals surface area (Å²) in [5.41, 5.74) is 3.11. The van der Waals surface area contributed by atoms with E-state index in [2.05, 4.69) is 17.4 Å². The zero-order valence-electron chi connectivity index (χ0n) is 11.6. The lowest BCUT2D eigenvalue weighted by Gasteiger charge is -2.14. The van der Waals surface area contributed by atoms with Crippen molar-refractivity contribution in [2.24, 2.45) is 0 Å². The van der Waals surface area contributed by atoms with Crippen LogP contribution in [-0.2, 0) is 13.2 Å². The van der Waals surface area contributed by atoms with Crippen LogP contribution in [0.25, 0.3) is 11.0 Å². The van der Waals surface area contributed by atoms with E-state index in [1.165, 1.54) is 4.90 Å². The summed E-state index contributed by atoms with van der Waals surface area (Å²) in [5.74, 6) is 0. The maximum absolute atomic E-state index is 6.05. The fourth-order valence-electron chi connectivity index (χ4n) is 2.34. The van der Waals surface area contributed by atoms with Gasteiger partial charge in [-0.2, -0.15) is 4.68 Å². The summed E-state index contributed by atoms with van der Waals surface area (Å²) in [4.78, 5) is 1.28. The molecule has 0 bridgehead atoms. The van der Waals surface area contributed by atoms with Gasteiger partial charge in [0.05, 0.1) is 22.6 Å². The first-order chi connectivity index (χ1) is 10.1. The molecule has 0 aliphatic rings. The molecule has 3 aromatic rings. The number of benzene rings is 2. The summed E-state index contributed by atoms with van der Waals surface area (Å²) < 4.78 is 1.92. The lowest BCUT2D eigenvalue weighted by molar-refractivity contribution is -0.917. The van der Waals surface area contributed by atoms with Crippen molar-refractivity contribution in [3.05, 3.63) is 58.1 Å². The minimum absolute atomic E-state index is 0.584.